The highest BCUT2D eigenvalue weighted by atomic mass is 16.5. The zero-order valence-electron chi connectivity index (χ0n) is 8.47. The van der Waals surface area contributed by atoms with Crippen LogP contribution in [-0.4, -0.2) is 32.1 Å². The predicted molar refractivity (Wildman–Crippen MR) is 51.8 cm³/mol. The lowest BCUT2D eigenvalue weighted by atomic mass is 10.5. The maximum atomic E-state index is 10.8. The van der Waals surface area contributed by atoms with Gasteiger partial charge >= 0.3 is 5.97 Å². The quantitative estimate of drug-likeness (QED) is 0.800. The van der Waals surface area contributed by atoms with Gasteiger partial charge in [-0.2, -0.15) is 0 Å². The number of aromatic nitrogens is 3. The Balaban J connectivity index is 2.52. The van der Waals surface area contributed by atoms with Crippen molar-refractivity contribution in [2.75, 3.05) is 7.11 Å². The largest absolute Gasteiger partial charge is 0.477 e. The molecular formula is C9H11N3O3. The first kappa shape index (κ1) is 9.72. The van der Waals surface area contributed by atoms with E-state index in [1.54, 1.807) is 24.8 Å². The van der Waals surface area contributed by atoms with Gasteiger partial charge in [-0.1, -0.05) is 0 Å². The molecule has 15 heavy (non-hydrogen) atoms. The number of methoxy groups -OCH3 is 1. The Bertz CT molecular complexity index is 512. The summed E-state index contributed by atoms with van der Waals surface area (Å²) in [5.41, 5.74) is 0.988. The molecule has 2 rings (SSSR count). The summed E-state index contributed by atoms with van der Waals surface area (Å²) < 4.78 is 8.15. The van der Waals surface area contributed by atoms with Crippen LogP contribution in [0.1, 0.15) is 16.2 Å². The first-order chi connectivity index (χ1) is 7.13. The van der Waals surface area contributed by atoms with Gasteiger partial charge < -0.3 is 14.4 Å². The predicted octanol–water partition coefficient (Wildman–Crippen LogP) is 0.517. The van der Waals surface area contributed by atoms with E-state index in [1.807, 2.05) is 0 Å². The molecule has 2 aromatic heterocycles. The van der Waals surface area contributed by atoms with E-state index in [4.69, 9.17) is 9.84 Å². The molecule has 80 valence electrons. The molecular weight excluding hydrogens is 198 g/mol. The lowest BCUT2D eigenvalue weighted by Crippen LogP contribution is -2.04. The van der Waals surface area contributed by atoms with Crippen LogP contribution in [0, 0.1) is 0 Å². The average Bonchev–Trinajstić information content (AvgIpc) is 2.67. The smallest absolute Gasteiger partial charge is 0.354 e. The van der Waals surface area contributed by atoms with Crippen LogP contribution in [0.5, 0.6) is 0 Å². The number of aryl methyl sites for hydroxylation is 1. The molecule has 2 aromatic rings. The van der Waals surface area contributed by atoms with Crippen molar-refractivity contribution < 1.29 is 14.6 Å². The number of hydrogen-bond acceptors (Lipinski definition) is 3. The van der Waals surface area contributed by atoms with Crippen molar-refractivity contribution in [3.8, 4) is 0 Å². The number of carboxylic acid groups (broad SMARTS) is 1. The number of ether oxygens (including phenoxy) is 1. The molecule has 0 spiro atoms. The van der Waals surface area contributed by atoms with Crippen LogP contribution in [0.4, 0.5) is 0 Å². The van der Waals surface area contributed by atoms with Crippen LogP contribution in [0.2, 0.25) is 0 Å². The first-order valence-corrected chi connectivity index (χ1v) is 4.39. The molecule has 1 N–H and O–H groups in total. The molecule has 6 nitrogen and oxygen atoms in total. The molecule has 0 aliphatic rings. The number of hydrogen-bond donors (Lipinski definition) is 1. The molecule has 0 bridgehead atoms. The van der Waals surface area contributed by atoms with Gasteiger partial charge in [-0.25, -0.2) is 9.78 Å². The molecule has 0 atom stereocenters. The Kier molecular flexibility index (Phi) is 2.20. The van der Waals surface area contributed by atoms with Crippen molar-refractivity contribution in [1.82, 2.24) is 14.0 Å². The molecule has 0 aliphatic carbocycles. The molecule has 0 saturated carbocycles. The highest BCUT2D eigenvalue weighted by molar-refractivity contribution is 5.86. The molecule has 0 aliphatic heterocycles. The normalized spacial score (nSPS) is 11.1. The summed E-state index contributed by atoms with van der Waals surface area (Å²) >= 11 is 0. The van der Waals surface area contributed by atoms with Crippen molar-refractivity contribution in [2.45, 2.75) is 6.61 Å². The van der Waals surface area contributed by atoms with Crippen molar-refractivity contribution in [2.24, 2.45) is 7.05 Å². The minimum absolute atomic E-state index is 0.210. The lowest BCUT2D eigenvalue weighted by Gasteiger charge is -1.95. The van der Waals surface area contributed by atoms with Gasteiger partial charge in [-0.05, 0) is 0 Å². The summed E-state index contributed by atoms with van der Waals surface area (Å²) in [5, 5.41) is 8.87. The van der Waals surface area contributed by atoms with Gasteiger partial charge in [0.25, 0.3) is 0 Å². The maximum absolute atomic E-state index is 10.8. The van der Waals surface area contributed by atoms with Crippen LogP contribution in [0.25, 0.3) is 5.78 Å². The third-order valence-corrected chi connectivity index (χ3v) is 2.20. The Morgan fingerprint density at radius 3 is 2.87 bits per heavy atom. The van der Waals surface area contributed by atoms with Gasteiger partial charge in [0.15, 0.2) is 0 Å². The summed E-state index contributed by atoms with van der Waals surface area (Å²) in [6.45, 7) is 0.421. The van der Waals surface area contributed by atoms with Crippen LogP contribution in [0.15, 0.2) is 12.4 Å². The number of carbonyl (C=O) groups is 1. The Hall–Kier alpha value is -1.82. The van der Waals surface area contributed by atoms with Crippen molar-refractivity contribution in [3.63, 3.8) is 0 Å². The van der Waals surface area contributed by atoms with E-state index in [0.29, 0.717) is 12.4 Å². The molecule has 0 aromatic carbocycles. The monoisotopic (exact) mass is 209 g/mol. The second-order valence-corrected chi connectivity index (χ2v) is 3.25. The highest BCUT2D eigenvalue weighted by Crippen LogP contribution is 2.10. The molecule has 0 unspecified atom stereocenters. The summed E-state index contributed by atoms with van der Waals surface area (Å²) in [6.07, 6.45) is 3.29. The van der Waals surface area contributed by atoms with E-state index in [0.717, 1.165) is 5.69 Å². The fraction of sp³-hybridized carbons (Fsp3) is 0.333. The Morgan fingerprint density at radius 1 is 1.60 bits per heavy atom. The summed E-state index contributed by atoms with van der Waals surface area (Å²) in [7, 11) is 3.26. The van der Waals surface area contributed by atoms with E-state index in [9.17, 15) is 4.79 Å². The summed E-state index contributed by atoms with van der Waals surface area (Å²) in [6, 6.07) is 0. The van der Waals surface area contributed by atoms with Crippen LogP contribution < -0.4 is 0 Å². The summed E-state index contributed by atoms with van der Waals surface area (Å²) in [5.74, 6) is -0.365. The second kappa shape index (κ2) is 3.39. The minimum atomic E-state index is -0.962. The standard InChI is InChI=1S/C9H11N3O3/c1-11-7(8(13)14)4-12-3-6(5-15-2)10-9(11)12/h3-4H,5H2,1-2H3,(H,13,14). The Labute approximate surface area is 85.7 Å². The number of nitrogens with zero attached hydrogens (tertiary/aromatic N) is 3. The first-order valence-electron chi connectivity index (χ1n) is 4.39. The molecule has 0 amide bonds. The zero-order valence-corrected chi connectivity index (χ0v) is 8.47. The molecule has 0 radical (unpaired) electrons. The SMILES string of the molecule is COCc1cn2cc(C(=O)O)n(C)c2n1. The third kappa shape index (κ3) is 1.48. The molecule has 0 fully saturated rings. The highest BCUT2D eigenvalue weighted by Gasteiger charge is 2.14. The van der Waals surface area contributed by atoms with Gasteiger partial charge in [-0.15, -0.1) is 0 Å². The van der Waals surface area contributed by atoms with Crippen molar-refractivity contribution >= 4 is 11.7 Å². The van der Waals surface area contributed by atoms with E-state index in [2.05, 4.69) is 4.98 Å². The van der Waals surface area contributed by atoms with Crippen LogP contribution >= 0.6 is 0 Å². The van der Waals surface area contributed by atoms with Gasteiger partial charge in [0, 0.05) is 26.6 Å². The number of carboxylic acids is 1. The van der Waals surface area contributed by atoms with Gasteiger partial charge in [0.2, 0.25) is 5.78 Å². The number of rotatable bonds is 3. The van der Waals surface area contributed by atoms with E-state index < -0.39 is 5.97 Å². The van der Waals surface area contributed by atoms with E-state index in [1.165, 1.54) is 10.8 Å². The summed E-state index contributed by atoms with van der Waals surface area (Å²) in [4.78, 5) is 15.1. The fourth-order valence-electron chi connectivity index (χ4n) is 1.52. The lowest BCUT2D eigenvalue weighted by molar-refractivity contribution is 0.0686. The van der Waals surface area contributed by atoms with E-state index >= 15 is 0 Å². The van der Waals surface area contributed by atoms with Crippen LogP contribution in [0.3, 0.4) is 0 Å². The van der Waals surface area contributed by atoms with Crippen molar-refractivity contribution in [3.05, 3.63) is 23.8 Å². The Morgan fingerprint density at radius 2 is 2.33 bits per heavy atom. The molecule has 2 heterocycles. The number of aromatic carboxylic acids is 1. The number of imidazole rings is 2. The second-order valence-electron chi connectivity index (χ2n) is 3.25. The average molecular weight is 209 g/mol. The minimum Gasteiger partial charge on any atom is -0.477 e. The topological polar surface area (TPSA) is 68.8 Å². The zero-order chi connectivity index (χ0) is 11.0. The molecule has 0 saturated heterocycles. The maximum Gasteiger partial charge on any atom is 0.354 e. The third-order valence-electron chi connectivity index (χ3n) is 2.20. The molecule has 6 heteroatoms. The van der Waals surface area contributed by atoms with Gasteiger partial charge in [0.05, 0.1) is 12.3 Å². The van der Waals surface area contributed by atoms with Gasteiger partial charge in [0.1, 0.15) is 5.69 Å². The van der Waals surface area contributed by atoms with Gasteiger partial charge in [-0.3, -0.25) is 4.40 Å². The number of fused-ring (bicyclic) bond motifs is 1. The van der Waals surface area contributed by atoms with Crippen molar-refractivity contribution in [1.29, 1.82) is 0 Å². The fourth-order valence-corrected chi connectivity index (χ4v) is 1.52. The van der Waals surface area contributed by atoms with E-state index in [-0.39, 0.29) is 5.69 Å². The van der Waals surface area contributed by atoms with Crippen LogP contribution in [-0.2, 0) is 18.4 Å².